The minimum Gasteiger partial charge on any atom is -0.491 e. The molecule has 1 N–H and O–H groups in total. The van der Waals surface area contributed by atoms with Crippen LogP contribution in [0.3, 0.4) is 0 Å². The van der Waals surface area contributed by atoms with Crippen LogP contribution in [0.15, 0.2) is 40.9 Å². The maximum atomic E-state index is 14.3. The molecule has 184 valence electrons. The van der Waals surface area contributed by atoms with Crippen LogP contribution in [0.2, 0.25) is 0 Å². The third kappa shape index (κ3) is 7.24. The first-order valence-electron chi connectivity index (χ1n) is 10.6. The van der Waals surface area contributed by atoms with Gasteiger partial charge in [-0.15, -0.1) is 12.4 Å². The summed E-state index contributed by atoms with van der Waals surface area (Å²) < 4.78 is 30.9. The number of carboxylic acids is 1. The molecular weight excluding hydrogens is 465 g/mol. The van der Waals surface area contributed by atoms with E-state index in [-0.39, 0.29) is 37.3 Å². The molecule has 3 aromatic rings. The van der Waals surface area contributed by atoms with E-state index < -0.39 is 5.97 Å². The zero-order valence-corrected chi connectivity index (χ0v) is 20.4. The molecule has 0 aliphatic heterocycles. The molecule has 2 aromatic carbocycles. The lowest BCUT2D eigenvalue weighted by atomic mass is 10.1. The van der Waals surface area contributed by atoms with Crippen LogP contribution in [0.4, 0.5) is 4.39 Å². The second-order valence-electron chi connectivity index (χ2n) is 8.03. The lowest BCUT2D eigenvalue weighted by Gasteiger charge is -2.16. The van der Waals surface area contributed by atoms with Gasteiger partial charge in [0.25, 0.3) is 5.89 Å². The summed E-state index contributed by atoms with van der Waals surface area (Å²) in [6, 6.07) is 10.1. The van der Waals surface area contributed by atoms with E-state index in [4.69, 9.17) is 19.1 Å². The van der Waals surface area contributed by atoms with Gasteiger partial charge in [0.2, 0.25) is 5.82 Å². The number of carbonyl (C=O) groups is 1. The maximum Gasteiger partial charge on any atom is 0.304 e. The molecule has 0 amide bonds. The molecule has 0 aliphatic rings. The number of aromatic nitrogens is 2. The predicted molar refractivity (Wildman–Crippen MR) is 127 cm³/mol. The second-order valence-corrected chi connectivity index (χ2v) is 8.03. The Morgan fingerprint density at radius 1 is 1.18 bits per heavy atom. The van der Waals surface area contributed by atoms with Crippen LogP contribution in [0, 0.1) is 5.82 Å². The van der Waals surface area contributed by atoms with Crippen molar-refractivity contribution in [1.82, 2.24) is 15.0 Å². The molecule has 0 radical (unpaired) electrons. The Morgan fingerprint density at radius 2 is 1.88 bits per heavy atom. The third-order valence-electron chi connectivity index (χ3n) is 4.85. The standard InChI is InChI=1S/C24H28FN3O5.ClH/c1-15(2)32-21-8-6-17(12-19(21)14-31-4)24-26-23(27-33-24)16-5-7-20(25)18(11-16)13-28(3)10-9-22(29)30;/h5-8,11-12,15H,9-10,13-14H2,1-4H3,(H,29,30);1H. The highest BCUT2D eigenvalue weighted by atomic mass is 35.5. The topological polar surface area (TPSA) is 97.9 Å². The van der Waals surface area contributed by atoms with E-state index in [2.05, 4.69) is 10.1 Å². The van der Waals surface area contributed by atoms with Crippen molar-refractivity contribution in [3.05, 3.63) is 53.3 Å². The van der Waals surface area contributed by atoms with E-state index >= 15 is 0 Å². The number of hydrogen-bond donors (Lipinski definition) is 1. The number of ether oxygens (including phenoxy) is 2. The smallest absolute Gasteiger partial charge is 0.304 e. The van der Waals surface area contributed by atoms with Crippen molar-refractivity contribution in [3.8, 4) is 28.6 Å². The van der Waals surface area contributed by atoms with Gasteiger partial charge in [-0.25, -0.2) is 4.39 Å². The monoisotopic (exact) mass is 493 g/mol. The Balaban J connectivity index is 0.00000408. The van der Waals surface area contributed by atoms with Crippen molar-refractivity contribution >= 4 is 18.4 Å². The summed E-state index contributed by atoms with van der Waals surface area (Å²) >= 11 is 0. The van der Waals surface area contributed by atoms with Crippen molar-refractivity contribution in [2.45, 2.75) is 39.5 Å². The molecule has 34 heavy (non-hydrogen) atoms. The third-order valence-corrected chi connectivity index (χ3v) is 4.85. The van der Waals surface area contributed by atoms with Crippen molar-refractivity contribution in [3.63, 3.8) is 0 Å². The van der Waals surface area contributed by atoms with Gasteiger partial charge in [0.05, 0.1) is 19.1 Å². The van der Waals surface area contributed by atoms with Gasteiger partial charge in [-0.3, -0.25) is 4.79 Å². The first-order chi connectivity index (χ1) is 15.8. The van der Waals surface area contributed by atoms with Gasteiger partial charge in [0, 0.05) is 42.5 Å². The van der Waals surface area contributed by atoms with Crippen LogP contribution in [0.1, 0.15) is 31.4 Å². The summed E-state index contributed by atoms with van der Waals surface area (Å²) in [4.78, 5) is 17.0. The summed E-state index contributed by atoms with van der Waals surface area (Å²) in [5.41, 5.74) is 2.60. The number of halogens is 2. The van der Waals surface area contributed by atoms with Crippen LogP contribution in [0.5, 0.6) is 5.75 Å². The number of aliphatic carboxylic acids is 1. The van der Waals surface area contributed by atoms with Gasteiger partial charge in [0.1, 0.15) is 11.6 Å². The number of methoxy groups -OCH3 is 1. The maximum absolute atomic E-state index is 14.3. The second kappa shape index (κ2) is 12.5. The highest BCUT2D eigenvalue weighted by Gasteiger charge is 2.16. The van der Waals surface area contributed by atoms with Crippen molar-refractivity contribution < 1.29 is 28.3 Å². The minimum absolute atomic E-state index is 0. The minimum atomic E-state index is -0.896. The van der Waals surface area contributed by atoms with Gasteiger partial charge in [0.15, 0.2) is 0 Å². The number of rotatable bonds is 11. The van der Waals surface area contributed by atoms with Gasteiger partial charge in [-0.2, -0.15) is 4.98 Å². The molecule has 0 atom stereocenters. The average molecular weight is 494 g/mol. The zero-order chi connectivity index (χ0) is 24.0. The van der Waals surface area contributed by atoms with E-state index in [1.54, 1.807) is 31.2 Å². The van der Waals surface area contributed by atoms with E-state index in [0.717, 1.165) is 11.3 Å². The SMILES string of the molecule is COCc1cc(-c2nc(-c3ccc(F)c(CN(C)CCC(=O)O)c3)no2)ccc1OC(C)C.Cl. The Labute approximate surface area is 204 Å². The molecular formula is C24H29ClFN3O5. The molecule has 1 aromatic heterocycles. The molecule has 0 aliphatic carbocycles. The molecule has 1 heterocycles. The van der Waals surface area contributed by atoms with E-state index in [0.29, 0.717) is 41.6 Å². The molecule has 8 nitrogen and oxygen atoms in total. The summed E-state index contributed by atoms with van der Waals surface area (Å²) in [6.45, 7) is 4.85. The lowest BCUT2D eigenvalue weighted by Crippen LogP contribution is -2.21. The Hall–Kier alpha value is -3.01. The van der Waals surface area contributed by atoms with Crippen LogP contribution >= 0.6 is 12.4 Å². The fraction of sp³-hybridized carbons (Fsp3) is 0.375. The Morgan fingerprint density at radius 3 is 2.56 bits per heavy atom. The lowest BCUT2D eigenvalue weighted by molar-refractivity contribution is -0.137. The summed E-state index contributed by atoms with van der Waals surface area (Å²) in [5.74, 6) is 0.103. The number of nitrogens with zero attached hydrogens (tertiary/aromatic N) is 3. The van der Waals surface area contributed by atoms with Crippen molar-refractivity contribution in [1.29, 1.82) is 0 Å². The molecule has 0 saturated carbocycles. The molecule has 0 fully saturated rings. The van der Waals surface area contributed by atoms with Gasteiger partial charge >= 0.3 is 5.97 Å². The van der Waals surface area contributed by atoms with Gasteiger partial charge in [-0.05, 0) is 57.3 Å². The van der Waals surface area contributed by atoms with E-state index in [1.807, 2.05) is 32.0 Å². The number of hydrogen-bond acceptors (Lipinski definition) is 7. The zero-order valence-electron chi connectivity index (χ0n) is 19.6. The molecule has 0 saturated heterocycles. The summed E-state index contributed by atoms with van der Waals surface area (Å²) in [5, 5.41) is 12.9. The fourth-order valence-corrected chi connectivity index (χ4v) is 3.30. The summed E-state index contributed by atoms with van der Waals surface area (Å²) in [6.07, 6.45) is 0.00948. The molecule has 3 rings (SSSR count). The van der Waals surface area contributed by atoms with Crippen LogP contribution in [-0.4, -0.2) is 52.9 Å². The van der Waals surface area contributed by atoms with Gasteiger partial charge in [-0.1, -0.05) is 5.16 Å². The first kappa shape index (κ1) is 27.2. The van der Waals surface area contributed by atoms with Crippen LogP contribution in [-0.2, 0) is 22.7 Å². The molecule has 10 heteroatoms. The van der Waals surface area contributed by atoms with Gasteiger partial charge < -0.3 is 24.0 Å². The summed E-state index contributed by atoms with van der Waals surface area (Å²) in [7, 11) is 3.35. The normalized spacial score (nSPS) is 11.0. The first-order valence-corrected chi connectivity index (χ1v) is 10.6. The average Bonchev–Trinajstić information content (AvgIpc) is 3.25. The predicted octanol–water partition coefficient (Wildman–Crippen LogP) is 4.80. The van der Waals surface area contributed by atoms with Crippen molar-refractivity contribution in [2.24, 2.45) is 0 Å². The molecule has 0 spiro atoms. The van der Waals surface area contributed by atoms with E-state index in [1.165, 1.54) is 6.07 Å². The number of carboxylic acid groups (broad SMARTS) is 1. The highest BCUT2D eigenvalue weighted by Crippen LogP contribution is 2.29. The van der Waals surface area contributed by atoms with E-state index in [9.17, 15) is 9.18 Å². The molecule has 0 bridgehead atoms. The highest BCUT2D eigenvalue weighted by molar-refractivity contribution is 5.85. The molecule has 0 unspecified atom stereocenters. The number of benzene rings is 2. The van der Waals surface area contributed by atoms with Crippen LogP contribution in [0.25, 0.3) is 22.8 Å². The van der Waals surface area contributed by atoms with Crippen LogP contribution < -0.4 is 4.74 Å². The quantitative estimate of drug-likeness (QED) is 0.406. The Kier molecular flexibility index (Phi) is 9.97. The fourth-order valence-electron chi connectivity index (χ4n) is 3.30. The Bertz CT molecular complexity index is 1110. The van der Waals surface area contributed by atoms with Crippen molar-refractivity contribution in [2.75, 3.05) is 20.7 Å². The largest absolute Gasteiger partial charge is 0.491 e.